The summed E-state index contributed by atoms with van der Waals surface area (Å²) in [5.74, 6) is -0.0483. The number of amides is 1. The highest BCUT2D eigenvalue weighted by atomic mass is 32.1. The maximum Gasteiger partial charge on any atom is 0.256 e. The average molecular weight is 214 g/mol. The minimum absolute atomic E-state index is 0.00378. The summed E-state index contributed by atoms with van der Waals surface area (Å²) >= 11 is 1.28. The molecule has 1 aromatic rings. The number of aryl methyl sites for hydroxylation is 1. The van der Waals surface area contributed by atoms with Gasteiger partial charge in [0.25, 0.3) is 5.91 Å². The number of aliphatic hydroxyl groups excluding tert-OH is 1. The van der Waals surface area contributed by atoms with Crippen LogP contribution in [0.2, 0.25) is 0 Å². The highest BCUT2D eigenvalue weighted by Gasteiger charge is 2.16. The van der Waals surface area contributed by atoms with Gasteiger partial charge in [-0.3, -0.25) is 4.79 Å². The second kappa shape index (κ2) is 5.07. The van der Waals surface area contributed by atoms with Crippen molar-refractivity contribution in [1.29, 1.82) is 0 Å². The molecular formula is C9H14N2O2S. The molecule has 0 bridgehead atoms. The van der Waals surface area contributed by atoms with Crippen LogP contribution in [0.3, 0.4) is 0 Å². The van der Waals surface area contributed by atoms with E-state index in [-0.39, 0.29) is 12.5 Å². The summed E-state index contributed by atoms with van der Waals surface area (Å²) in [6, 6.07) is 0. The quantitative estimate of drug-likeness (QED) is 0.810. The van der Waals surface area contributed by atoms with Crippen LogP contribution in [-0.2, 0) is 0 Å². The monoisotopic (exact) mass is 214 g/mol. The summed E-state index contributed by atoms with van der Waals surface area (Å²) in [4.78, 5) is 13.4. The van der Waals surface area contributed by atoms with E-state index < -0.39 is 0 Å². The Balaban J connectivity index is 2.78. The van der Waals surface area contributed by atoms with Crippen molar-refractivity contribution in [3.05, 3.63) is 16.6 Å². The molecular weight excluding hydrogens is 200 g/mol. The van der Waals surface area contributed by atoms with Crippen LogP contribution in [0.15, 0.2) is 5.38 Å². The third-order valence-corrected chi connectivity index (χ3v) is 2.74. The standard InChI is InChI=1S/C9H14N2O2S/c1-3-11(4-5-12)9(13)8-6-14-10-7(8)2/h6,12H,3-5H2,1-2H3. The van der Waals surface area contributed by atoms with Crippen molar-refractivity contribution in [2.24, 2.45) is 0 Å². The molecule has 0 atom stereocenters. The second-order valence-electron chi connectivity index (χ2n) is 2.92. The summed E-state index contributed by atoms with van der Waals surface area (Å²) in [7, 11) is 0. The van der Waals surface area contributed by atoms with Gasteiger partial charge in [0.1, 0.15) is 0 Å². The SMILES string of the molecule is CCN(CCO)C(=O)c1csnc1C. The van der Waals surface area contributed by atoms with E-state index in [1.165, 1.54) is 11.5 Å². The first-order valence-electron chi connectivity index (χ1n) is 4.51. The Morgan fingerprint density at radius 1 is 1.71 bits per heavy atom. The Morgan fingerprint density at radius 2 is 2.43 bits per heavy atom. The van der Waals surface area contributed by atoms with Crippen molar-refractivity contribution in [3.63, 3.8) is 0 Å². The first-order valence-corrected chi connectivity index (χ1v) is 5.35. The van der Waals surface area contributed by atoms with E-state index in [0.717, 1.165) is 5.69 Å². The molecule has 1 heterocycles. The molecule has 0 spiro atoms. The fourth-order valence-electron chi connectivity index (χ4n) is 1.19. The smallest absolute Gasteiger partial charge is 0.256 e. The molecule has 5 heteroatoms. The molecule has 4 nitrogen and oxygen atoms in total. The number of hydrogen-bond donors (Lipinski definition) is 1. The summed E-state index contributed by atoms with van der Waals surface area (Å²) < 4.78 is 4.05. The molecule has 0 aliphatic carbocycles. The van der Waals surface area contributed by atoms with E-state index in [1.54, 1.807) is 10.3 Å². The molecule has 1 rings (SSSR count). The van der Waals surface area contributed by atoms with Crippen LogP contribution in [0.4, 0.5) is 0 Å². The Morgan fingerprint density at radius 3 is 2.86 bits per heavy atom. The van der Waals surface area contributed by atoms with E-state index >= 15 is 0 Å². The van der Waals surface area contributed by atoms with Gasteiger partial charge in [-0.2, -0.15) is 4.37 Å². The lowest BCUT2D eigenvalue weighted by molar-refractivity contribution is 0.0731. The molecule has 1 N–H and O–H groups in total. The van der Waals surface area contributed by atoms with E-state index in [2.05, 4.69) is 4.37 Å². The molecule has 0 unspecified atom stereocenters. The Labute approximate surface area is 87.3 Å². The first kappa shape index (κ1) is 11.1. The normalized spacial score (nSPS) is 10.2. The van der Waals surface area contributed by atoms with Crippen LogP contribution in [0.5, 0.6) is 0 Å². The number of aliphatic hydroxyl groups is 1. The molecule has 0 aromatic carbocycles. The summed E-state index contributed by atoms with van der Waals surface area (Å²) in [5, 5.41) is 10.5. The molecule has 0 aliphatic heterocycles. The van der Waals surface area contributed by atoms with Gasteiger partial charge in [0.2, 0.25) is 0 Å². The van der Waals surface area contributed by atoms with E-state index in [0.29, 0.717) is 18.7 Å². The van der Waals surface area contributed by atoms with Gasteiger partial charge in [0, 0.05) is 18.5 Å². The van der Waals surface area contributed by atoms with Gasteiger partial charge in [-0.25, -0.2) is 0 Å². The van der Waals surface area contributed by atoms with Gasteiger partial charge < -0.3 is 10.0 Å². The van der Waals surface area contributed by atoms with E-state index in [1.807, 2.05) is 13.8 Å². The molecule has 1 amide bonds. The highest BCUT2D eigenvalue weighted by Crippen LogP contribution is 2.11. The third-order valence-electron chi connectivity index (χ3n) is 2.02. The fourth-order valence-corrected chi connectivity index (χ4v) is 1.88. The lowest BCUT2D eigenvalue weighted by atomic mass is 10.2. The van der Waals surface area contributed by atoms with Gasteiger partial charge in [0.05, 0.1) is 17.9 Å². The maximum atomic E-state index is 11.8. The molecule has 1 aromatic heterocycles. The molecule has 0 aliphatic rings. The Hall–Kier alpha value is -0.940. The van der Waals surface area contributed by atoms with Crippen LogP contribution in [0.25, 0.3) is 0 Å². The van der Waals surface area contributed by atoms with Gasteiger partial charge >= 0.3 is 0 Å². The third kappa shape index (κ3) is 2.30. The topological polar surface area (TPSA) is 53.4 Å². The van der Waals surface area contributed by atoms with Crippen LogP contribution in [0, 0.1) is 6.92 Å². The molecule has 14 heavy (non-hydrogen) atoms. The Kier molecular flexibility index (Phi) is 4.03. The van der Waals surface area contributed by atoms with Crippen LogP contribution in [-0.4, -0.2) is 40.0 Å². The lowest BCUT2D eigenvalue weighted by Crippen LogP contribution is -2.33. The molecule has 0 fully saturated rings. The minimum Gasteiger partial charge on any atom is -0.395 e. The lowest BCUT2D eigenvalue weighted by Gasteiger charge is -2.18. The largest absolute Gasteiger partial charge is 0.395 e. The van der Waals surface area contributed by atoms with Gasteiger partial charge in [-0.05, 0) is 25.4 Å². The zero-order chi connectivity index (χ0) is 10.6. The number of carbonyl (C=O) groups is 1. The van der Waals surface area contributed by atoms with E-state index in [4.69, 9.17) is 5.11 Å². The van der Waals surface area contributed by atoms with Crippen molar-refractivity contribution in [1.82, 2.24) is 9.27 Å². The number of nitrogens with zero attached hydrogens (tertiary/aromatic N) is 2. The zero-order valence-corrected chi connectivity index (χ0v) is 9.17. The molecule has 78 valence electrons. The summed E-state index contributed by atoms with van der Waals surface area (Å²) in [6.45, 7) is 4.69. The minimum atomic E-state index is -0.0483. The molecule has 0 saturated carbocycles. The molecule has 0 radical (unpaired) electrons. The number of carbonyl (C=O) groups excluding carboxylic acids is 1. The van der Waals surface area contributed by atoms with Crippen LogP contribution >= 0.6 is 11.5 Å². The highest BCUT2D eigenvalue weighted by molar-refractivity contribution is 7.03. The molecule has 0 saturated heterocycles. The summed E-state index contributed by atoms with van der Waals surface area (Å²) in [5.41, 5.74) is 1.40. The van der Waals surface area contributed by atoms with Gasteiger partial charge in [0.15, 0.2) is 0 Å². The number of hydrogen-bond acceptors (Lipinski definition) is 4. The predicted octanol–water partition coefficient (Wildman–Crippen LogP) is 0.906. The van der Waals surface area contributed by atoms with Crippen molar-refractivity contribution in [3.8, 4) is 0 Å². The van der Waals surface area contributed by atoms with Crippen molar-refractivity contribution >= 4 is 17.4 Å². The summed E-state index contributed by atoms with van der Waals surface area (Å²) in [6.07, 6.45) is 0. The predicted molar refractivity (Wildman–Crippen MR) is 55.5 cm³/mol. The number of aromatic nitrogens is 1. The number of likely N-dealkylation sites (N-methyl/N-ethyl adjacent to an activating group) is 1. The second-order valence-corrected chi connectivity index (χ2v) is 3.55. The van der Waals surface area contributed by atoms with Crippen molar-refractivity contribution < 1.29 is 9.90 Å². The van der Waals surface area contributed by atoms with Gasteiger partial charge in [-0.15, -0.1) is 0 Å². The van der Waals surface area contributed by atoms with Gasteiger partial charge in [-0.1, -0.05) is 0 Å². The van der Waals surface area contributed by atoms with Crippen LogP contribution in [0.1, 0.15) is 23.0 Å². The fraction of sp³-hybridized carbons (Fsp3) is 0.556. The van der Waals surface area contributed by atoms with Crippen molar-refractivity contribution in [2.75, 3.05) is 19.7 Å². The zero-order valence-electron chi connectivity index (χ0n) is 8.36. The van der Waals surface area contributed by atoms with E-state index in [9.17, 15) is 4.79 Å². The van der Waals surface area contributed by atoms with Crippen molar-refractivity contribution in [2.45, 2.75) is 13.8 Å². The van der Waals surface area contributed by atoms with Crippen LogP contribution < -0.4 is 0 Å². The Bertz CT molecular complexity index is 312. The maximum absolute atomic E-state index is 11.8. The first-order chi connectivity index (χ1) is 6.70. The average Bonchev–Trinajstić information content (AvgIpc) is 2.59. The number of rotatable bonds is 4.